The van der Waals surface area contributed by atoms with E-state index in [4.69, 9.17) is 10.00 Å². The van der Waals surface area contributed by atoms with Gasteiger partial charge < -0.3 is 14.9 Å². The Morgan fingerprint density at radius 1 is 1.36 bits per heavy atom. The number of nitrogens with zero attached hydrogens (tertiary/aromatic N) is 5. The lowest BCUT2D eigenvalue weighted by Crippen LogP contribution is -2.32. The summed E-state index contributed by atoms with van der Waals surface area (Å²) < 4.78 is 23.2. The molecule has 1 aromatic carbocycles. The third kappa shape index (κ3) is 5.34. The molecule has 2 N–H and O–H groups in total. The fourth-order valence-corrected chi connectivity index (χ4v) is 3.99. The van der Waals surface area contributed by atoms with Crippen molar-refractivity contribution in [1.82, 2.24) is 19.7 Å². The first-order chi connectivity index (χ1) is 17.1. The second-order valence-electron chi connectivity index (χ2n) is 9.51. The minimum absolute atomic E-state index is 0.00358. The molecule has 9 nitrogen and oxygen atoms in total. The summed E-state index contributed by atoms with van der Waals surface area (Å²) >= 11 is 0. The Morgan fingerprint density at radius 2 is 2.11 bits per heavy atom. The lowest BCUT2D eigenvalue weighted by Gasteiger charge is -2.31. The zero-order chi connectivity index (χ0) is 26.1. The summed E-state index contributed by atoms with van der Waals surface area (Å²) in [5.74, 6) is -0.730. The largest absolute Gasteiger partial charge is 0.387 e. The summed E-state index contributed by atoms with van der Waals surface area (Å²) in [5.41, 5.74) is -0.888. The molecule has 0 radical (unpaired) electrons. The van der Waals surface area contributed by atoms with E-state index in [2.05, 4.69) is 10.1 Å². The molecule has 3 aromatic rings. The van der Waals surface area contributed by atoms with Crippen molar-refractivity contribution in [1.29, 1.82) is 5.26 Å². The lowest BCUT2D eigenvalue weighted by molar-refractivity contribution is -0.0928. The van der Waals surface area contributed by atoms with Crippen LogP contribution in [0.4, 0.5) is 4.39 Å². The molecule has 2 aromatic heterocycles. The van der Waals surface area contributed by atoms with Crippen LogP contribution in [0.25, 0.3) is 0 Å². The van der Waals surface area contributed by atoms with Gasteiger partial charge >= 0.3 is 0 Å². The van der Waals surface area contributed by atoms with E-state index < -0.39 is 23.2 Å². The predicted octanol–water partition coefficient (Wildman–Crippen LogP) is 2.57. The number of ether oxygens (including phenoxy) is 1. The van der Waals surface area contributed by atoms with Gasteiger partial charge in [-0.1, -0.05) is 0 Å². The Kier molecular flexibility index (Phi) is 7.02. The van der Waals surface area contributed by atoms with E-state index in [9.17, 15) is 15.0 Å². The highest BCUT2D eigenvalue weighted by atomic mass is 19.1. The molecule has 0 amide bonds. The first kappa shape index (κ1) is 25.6. The molecule has 1 fully saturated rings. The number of nitriles is 1. The Bertz CT molecular complexity index is 1290. The highest BCUT2D eigenvalue weighted by Gasteiger charge is 2.42. The van der Waals surface area contributed by atoms with Gasteiger partial charge in [0.25, 0.3) is 0 Å². The van der Waals surface area contributed by atoms with Crippen LogP contribution in [0, 0.1) is 17.1 Å². The van der Waals surface area contributed by atoms with E-state index in [0.717, 1.165) is 0 Å². The number of benzene rings is 1. The van der Waals surface area contributed by atoms with Crippen LogP contribution in [0.15, 0.2) is 42.9 Å². The topological polar surface area (TPSA) is 124 Å². The van der Waals surface area contributed by atoms with Crippen molar-refractivity contribution in [2.75, 3.05) is 13.7 Å². The first-order valence-corrected chi connectivity index (χ1v) is 11.5. The number of hydrogen-bond donors (Lipinski definition) is 2. The molecule has 36 heavy (non-hydrogen) atoms. The normalized spacial score (nSPS) is 16.8. The first-order valence-electron chi connectivity index (χ1n) is 11.5. The van der Waals surface area contributed by atoms with Crippen molar-refractivity contribution < 1.29 is 24.1 Å². The molecular formula is C26H28FN5O4. The average Bonchev–Trinajstić information content (AvgIpc) is 3.42. The summed E-state index contributed by atoms with van der Waals surface area (Å²) in [7, 11) is 3.39. The monoisotopic (exact) mass is 493 g/mol. The molecule has 0 saturated heterocycles. The molecule has 1 unspecified atom stereocenters. The number of aromatic nitrogens is 3. The molecule has 0 aliphatic heterocycles. The Morgan fingerprint density at radius 3 is 2.67 bits per heavy atom. The van der Waals surface area contributed by atoms with E-state index in [-0.39, 0.29) is 29.8 Å². The molecule has 4 rings (SSSR count). The van der Waals surface area contributed by atoms with Crippen molar-refractivity contribution in [2.45, 2.75) is 43.7 Å². The fraction of sp³-hybridized carbons (Fsp3) is 0.385. The molecule has 1 aliphatic rings. The molecule has 10 heteroatoms. The summed E-state index contributed by atoms with van der Waals surface area (Å²) in [5, 5.41) is 34.6. The number of hydrogen-bond acceptors (Lipinski definition) is 8. The van der Waals surface area contributed by atoms with Crippen LogP contribution >= 0.6 is 0 Å². The lowest BCUT2D eigenvalue weighted by atomic mass is 9.87. The third-order valence-electron chi connectivity index (χ3n) is 6.47. The fourth-order valence-electron chi connectivity index (χ4n) is 3.99. The summed E-state index contributed by atoms with van der Waals surface area (Å²) in [6, 6.07) is 7.95. The minimum atomic E-state index is -1.59. The van der Waals surface area contributed by atoms with Crippen LogP contribution in [-0.2, 0) is 23.9 Å². The number of aliphatic hydroxyl groups is 2. The highest BCUT2D eigenvalue weighted by molar-refractivity contribution is 5.78. The molecular weight excluding hydrogens is 465 g/mol. The molecule has 2 atom stereocenters. The van der Waals surface area contributed by atoms with Gasteiger partial charge in [0.2, 0.25) is 0 Å². The maximum absolute atomic E-state index is 15.7. The van der Waals surface area contributed by atoms with Crippen LogP contribution in [-0.4, -0.2) is 55.4 Å². The van der Waals surface area contributed by atoms with E-state index >= 15 is 4.39 Å². The standard InChI is InChI=1S/C26H28FN5O4/c1-25(34,20-12-30-32(3)13-20)19-8-18(15-33)23(22(27)9-19)24(36-16-26(35)6-7-26)31(2)14-21-5-4-17(10-28)11-29-21/h4-5,8-9,11-13,15,24,34-35H,6-7,14,16H2,1-3H3/t24-,25?/m1/s1. The van der Waals surface area contributed by atoms with Gasteiger partial charge in [-0.15, -0.1) is 0 Å². The second kappa shape index (κ2) is 9.87. The number of aldehydes is 1. The predicted molar refractivity (Wildman–Crippen MR) is 127 cm³/mol. The quantitative estimate of drug-likeness (QED) is 0.326. The zero-order valence-electron chi connectivity index (χ0n) is 20.3. The van der Waals surface area contributed by atoms with Crippen molar-refractivity contribution >= 4 is 6.29 Å². The summed E-state index contributed by atoms with van der Waals surface area (Å²) in [6.45, 7) is 1.70. The molecule has 0 bridgehead atoms. The number of halogens is 1. The molecule has 2 heterocycles. The van der Waals surface area contributed by atoms with Crippen LogP contribution in [0.2, 0.25) is 0 Å². The SMILES string of the molecule is CN(Cc1ccc(C#N)cn1)[C@H](OCC1(O)CC1)c1c(F)cc(C(C)(O)c2cnn(C)c2)cc1C=O. The van der Waals surface area contributed by atoms with Crippen molar-refractivity contribution in [2.24, 2.45) is 7.05 Å². The maximum atomic E-state index is 15.7. The zero-order valence-corrected chi connectivity index (χ0v) is 20.3. The molecule has 188 valence electrons. The van der Waals surface area contributed by atoms with Gasteiger partial charge in [-0.05, 0) is 56.6 Å². The highest BCUT2D eigenvalue weighted by Crippen LogP contribution is 2.39. The van der Waals surface area contributed by atoms with Crippen molar-refractivity contribution in [3.63, 3.8) is 0 Å². The van der Waals surface area contributed by atoms with Gasteiger partial charge in [0.05, 0.1) is 29.7 Å². The van der Waals surface area contributed by atoms with Gasteiger partial charge in [-0.25, -0.2) is 4.39 Å². The Hall–Kier alpha value is -3.49. The van der Waals surface area contributed by atoms with Crippen LogP contribution in [0.3, 0.4) is 0 Å². The van der Waals surface area contributed by atoms with E-state index in [1.807, 2.05) is 6.07 Å². The Labute approximate surface area is 208 Å². The number of pyridine rings is 1. The smallest absolute Gasteiger partial charge is 0.150 e. The van der Waals surface area contributed by atoms with E-state index in [1.165, 1.54) is 36.1 Å². The van der Waals surface area contributed by atoms with Gasteiger partial charge in [-0.3, -0.25) is 19.4 Å². The van der Waals surface area contributed by atoms with Crippen LogP contribution < -0.4 is 0 Å². The van der Waals surface area contributed by atoms with Crippen LogP contribution in [0.1, 0.15) is 64.3 Å². The number of carbonyl (C=O) groups excluding carboxylic acids is 1. The molecule has 0 spiro atoms. The van der Waals surface area contributed by atoms with Crippen molar-refractivity contribution in [3.8, 4) is 6.07 Å². The minimum Gasteiger partial charge on any atom is -0.387 e. The number of aryl methyl sites for hydroxylation is 1. The molecule has 1 aliphatic carbocycles. The summed E-state index contributed by atoms with van der Waals surface area (Å²) in [4.78, 5) is 18.1. The number of rotatable bonds is 10. The van der Waals surface area contributed by atoms with Gasteiger partial charge in [0.1, 0.15) is 23.7 Å². The summed E-state index contributed by atoms with van der Waals surface area (Å²) in [6.07, 6.45) is 5.20. The van der Waals surface area contributed by atoms with Crippen LogP contribution in [0.5, 0.6) is 0 Å². The van der Waals surface area contributed by atoms with Gasteiger partial charge in [0.15, 0.2) is 6.29 Å². The van der Waals surface area contributed by atoms with Gasteiger partial charge in [0, 0.05) is 42.7 Å². The maximum Gasteiger partial charge on any atom is 0.150 e. The third-order valence-corrected chi connectivity index (χ3v) is 6.47. The number of carbonyl (C=O) groups is 1. The Balaban J connectivity index is 1.70. The van der Waals surface area contributed by atoms with Gasteiger partial charge in [-0.2, -0.15) is 10.4 Å². The average molecular weight is 494 g/mol. The second-order valence-corrected chi connectivity index (χ2v) is 9.51. The van der Waals surface area contributed by atoms with E-state index in [1.54, 1.807) is 37.3 Å². The van der Waals surface area contributed by atoms with Crippen molar-refractivity contribution in [3.05, 3.63) is 82.2 Å². The molecule has 1 saturated carbocycles. The van der Waals surface area contributed by atoms with E-state index in [0.29, 0.717) is 35.9 Å².